The molecule has 0 amide bonds. The van der Waals surface area contributed by atoms with Gasteiger partial charge in [-0.3, -0.25) is 4.79 Å². The van der Waals surface area contributed by atoms with Gasteiger partial charge < -0.3 is 9.64 Å². The van der Waals surface area contributed by atoms with Crippen LogP contribution in [0.25, 0.3) is 0 Å². The lowest BCUT2D eigenvalue weighted by molar-refractivity contribution is -0.874. The highest BCUT2D eigenvalue weighted by molar-refractivity contribution is 5.99. The number of benzene rings is 2. The summed E-state index contributed by atoms with van der Waals surface area (Å²) in [6.45, 7) is 0. The van der Waals surface area contributed by atoms with Crippen LogP contribution in [0.3, 0.4) is 0 Å². The molecule has 0 saturated carbocycles. The number of carbonyl (C=O) groups excluding carboxylic acids is 1. The van der Waals surface area contributed by atoms with Gasteiger partial charge in [0.1, 0.15) is 5.75 Å². The van der Waals surface area contributed by atoms with E-state index in [4.69, 9.17) is 4.74 Å². The second-order valence-corrected chi connectivity index (χ2v) is 5.41. The number of nitrogens with one attached hydrogen (secondary N) is 1. The summed E-state index contributed by atoms with van der Waals surface area (Å²) in [5, 5.41) is 0. The van der Waals surface area contributed by atoms with E-state index in [0.29, 0.717) is 0 Å². The molecule has 0 aliphatic heterocycles. The number of methoxy groups -OCH3 is 1. The summed E-state index contributed by atoms with van der Waals surface area (Å²) < 4.78 is 5.14. The van der Waals surface area contributed by atoms with Crippen LogP contribution in [0, 0.1) is 0 Å². The van der Waals surface area contributed by atoms with Crippen LogP contribution in [0.4, 0.5) is 0 Å². The van der Waals surface area contributed by atoms with Crippen molar-refractivity contribution in [1.82, 2.24) is 0 Å². The largest absolute Gasteiger partial charge is 0.497 e. The Bertz CT molecular complexity index is 576. The van der Waals surface area contributed by atoms with E-state index < -0.39 is 0 Å². The SMILES string of the molecule is COc1ccc(C(=O)[C@H](Cc2ccccc2)[NH+](C)C)cc1. The first-order chi connectivity index (χ1) is 10.1. The third kappa shape index (κ3) is 3.92. The Labute approximate surface area is 126 Å². The van der Waals surface area contributed by atoms with Crippen molar-refractivity contribution < 1.29 is 14.4 Å². The predicted molar refractivity (Wildman–Crippen MR) is 84.1 cm³/mol. The fraction of sp³-hybridized carbons (Fsp3) is 0.278. The summed E-state index contributed by atoms with van der Waals surface area (Å²) in [5.41, 5.74) is 1.92. The molecule has 3 heteroatoms. The maximum atomic E-state index is 12.7. The van der Waals surface area contributed by atoms with Gasteiger partial charge in [-0.2, -0.15) is 0 Å². The van der Waals surface area contributed by atoms with Crippen LogP contribution in [0.1, 0.15) is 15.9 Å². The van der Waals surface area contributed by atoms with Crippen molar-refractivity contribution in [3.63, 3.8) is 0 Å². The van der Waals surface area contributed by atoms with Gasteiger partial charge in [0.2, 0.25) is 5.78 Å². The molecule has 0 saturated heterocycles. The zero-order valence-electron chi connectivity index (χ0n) is 12.8. The van der Waals surface area contributed by atoms with Crippen LogP contribution in [-0.2, 0) is 6.42 Å². The molecule has 0 aliphatic rings. The second-order valence-electron chi connectivity index (χ2n) is 5.41. The summed E-state index contributed by atoms with van der Waals surface area (Å²) in [7, 11) is 5.67. The number of rotatable bonds is 6. The molecule has 2 aromatic rings. The fourth-order valence-electron chi connectivity index (χ4n) is 2.37. The summed E-state index contributed by atoms with van der Waals surface area (Å²) >= 11 is 0. The number of hydrogen-bond acceptors (Lipinski definition) is 2. The number of hydrogen-bond donors (Lipinski definition) is 1. The Morgan fingerprint density at radius 1 is 1.05 bits per heavy atom. The van der Waals surface area contributed by atoms with Crippen LogP contribution in [0.15, 0.2) is 54.6 Å². The lowest BCUT2D eigenvalue weighted by Gasteiger charge is -2.20. The monoisotopic (exact) mass is 284 g/mol. The zero-order chi connectivity index (χ0) is 15.2. The predicted octanol–water partition coefficient (Wildman–Crippen LogP) is 1.63. The Morgan fingerprint density at radius 2 is 1.67 bits per heavy atom. The molecule has 21 heavy (non-hydrogen) atoms. The molecule has 0 heterocycles. The molecule has 1 atom stereocenters. The molecular weight excluding hydrogens is 262 g/mol. The molecule has 0 bridgehead atoms. The molecule has 3 nitrogen and oxygen atoms in total. The molecule has 0 fully saturated rings. The van der Waals surface area contributed by atoms with Crippen LogP contribution in [-0.4, -0.2) is 33.0 Å². The molecule has 0 unspecified atom stereocenters. The number of ketones is 1. The van der Waals surface area contributed by atoms with Crippen LogP contribution < -0.4 is 9.64 Å². The molecular formula is C18H22NO2+. The van der Waals surface area contributed by atoms with E-state index in [2.05, 4.69) is 12.1 Å². The third-order valence-electron chi connectivity index (χ3n) is 3.67. The second kappa shape index (κ2) is 7.04. The number of carbonyl (C=O) groups is 1. The average molecular weight is 284 g/mol. The number of quaternary nitrogens is 1. The van der Waals surface area contributed by atoms with E-state index >= 15 is 0 Å². The first-order valence-electron chi connectivity index (χ1n) is 7.14. The first-order valence-corrected chi connectivity index (χ1v) is 7.14. The molecule has 2 aromatic carbocycles. The molecule has 0 aliphatic carbocycles. The number of ether oxygens (including phenoxy) is 1. The average Bonchev–Trinajstić information content (AvgIpc) is 2.53. The van der Waals surface area contributed by atoms with E-state index in [1.807, 2.05) is 56.6 Å². The van der Waals surface area contributed by atoms with Crippen molar-refractivity contribution >= 4 is 5.78 Å². The quantitative estimate of drug-likeness (QED) is 0.818. The Hall–Kier alpha value is -2.13. The molecule has 0 aromatic heterocycles. The van der Waals surface area contributed by atoms with Gasteiger partial charge in [0.25, 0.3) is 0 Å². The number of likely N-dealkylation sites (N-methyl/N-ethyl adjacent to an activating group) is 1. The van der Waals surface area contributed by atoms with E-state index in [0.717, 1.165) is 22.6 Å². The van der Waals surface area contributed by atoms with Crippen molar-refractivity contribution in [3.05, 3.63) is 65.7 Å². The van der Waals surface area contributed by atoms with Crippen molar-refractivity contribution in [2.24, 2.45) is 0 Å². The molecule has 110 valence electrons. The minimum absolute atomic E-state index is 0.0826. The van der Waals surface area contributed by atoms with Gasteiger partial charge in [-0.25, -0.2) is 0 Å². The van der Waals surface area contributed by atoms with Gasteiger partial charge in [0, 0.05) is 12.0 Å². The Morgan fingerprint density at radius 3 is 2.19 bits per heavy atom. The lowest BCUT2D eigenvalue weighted by Crippen LogP contribution is -3.11. The van der Waals surface area contributed by atoms with Crippen molar-refractivity contribution in [1.29, 1.82) is 0 Å². The van der Waals surface area contributed by atoms with E-state index in [9.17, 15) is 4.79 Å². The smallest absolute Gasteiger partial charge is 0.220 e. The molecule has 1 N–H and O–H groups in total. The van der Waals surface area contributed by atoms with Crippen molar-refractivity contribution in [3.8, 4) is 5.75 Å². The Balaban J connectivity index is 2.18. The topological polar surface area (TPSA) is 30.7 Å². The first kappa shape index (κ1) is 15.3. The number of Topliss-reactive ketones (excluding diaryl/α,β-unsaturated/α-hetero) is 1. The van der Waals surface area contributed by atoms with Gasteiger partial charge in [-0.05, 0) is 29.8 Å². The van der Waals surface area contributed by atoms with Gasteiger partial charge in [-0.15, -0.1) is 0 Å². The van der Waals surface area contributed by atoms with Gasteiger partial charge in [0.15, 0.2) is 6.04 Å². The highest BCUT2D eigenvalue weighted by atomic mass is 16.5. The Kier molecular flexibility index (Phi) is 5.12. The summed E-state index contributed by atoms with van der Waals surface area (Å²) in [5.74, 6) is 0.935. The minimum Gasteiger partial charge on any atom is -0.497 e. The van der Waals surface area contributed by atoms with Crippen molar-refractivity contribution in [2.75, 3.05) is 21.2 Å². The third-order valence-corrected chi connectivity index (χ3v) is 3.67. The summed E-state index contributed by atoms with van der Waals surface area (Å²) in [4.78, 5) is 13.9. The van der Waals surface area contributed by atoms with Gasteiger partial charge in [-0.1, -0.05) is 30.3 Å². The highest BCUT2D eigenvalue weighted by Crippen LogP contribution is 2.13. The van der Waals surface area contributed by atoms with Crippen LogP contribution in [0.2, 0.25) is 0 Å². The van der Waals surface area contributed by atoms with Crippen LogP contribution >= 0.6 is 0 Å². The molecule has 0 spiro atoms. The maximum Gasteiger partial charge on any atom is 0.220 e. The molecule has 2 rings (SSSR count). The standard InChI is InChI=1S/C18H21NO2/c1-19(2)17(13-14-7-5-4-6-8-14)18(20)15-9-11-16(21-3)12-10-15/h4-12,17H,13H2,1-3H3/p+1/t17-/m0/s1. The maximum absolute atomic E-state index is 12.7. The summed E-state index contributed by atoms with van der Waals surface area (Å²) in [6.07, 6.45) is 0.744. The minimum atomic E-state index is -0.0826. The van der Waals surface area contributed by atoms with Gasteiger partial charge in [0.05, 0.1) is 21.2 Å². The van der Waals surface area contributed by atoms with Crippen molar-refractivity contribution in [2.45, 2.75) is 12.5 Å². The van der Waals surface area contributed by atoms with E-state index in [-0.39, 0.29) is 11.8 Å². The van der Waals surface area contributed by atoms with E-state index in [1.165, 1.54) is 5.56 Å². The van der Waals surface area contributed by atoms with E-state index in [1.54, 1.807) is 7.11 Å². The summed E-state index contributed by atoms with van der Waals surface area (Å²) in [6, 6.07) is 17.4. The highest BCUT2D eigenvalue weighted by Gasteiger charge is 2.26. The normalized spacial score (nSPS) is 12.2. The molecule has 0 radical (unpaired) electrons. The van der Waals surface area contributed by atoms with Gasteiger partial charge >= 0.3 is 0 Å². The van der Waals surface area contributed by atoms with Crippen LogP contribution in [0.5, 0.6) is 5.75 Å². The lowest BCUT2D eigenvalue weighted by atomic mass is 9.97. The zero-order valence-corrected chi connectivity index (χ0v) is 12.8. The fourth-order valence-corrected chi connectivity index (χ4v) is 2.37.